The Morgan fingerprint density at radius 2 is 1.52 bits per heavy atom. The monoisotopic (exact) mass is 554 g/mol. The number of fused-ring (bicyclic) bond motifs is 1. The van der Waals surface area contributed by atoms with Gasteiger partial charge in [-0.15, -0.1) is 0 Å². The van der Waals surface area contributed by atoms with Crippen molar-refractivity contribution in [3.05, 3.63) is 91.0 Å². The maximum Gasteiger partial charge on any atom is 0.326 e. The third-order valence-corrected chi connectivity index (χ3v) is 7.60. The SMILES string of the molecule is CCCCCCCN(C(=O)Nc1ccc2ccccc2c1)c1cccc(Sc2ccc(OC(=O)CCC)cc2)c1. The zero-order chi connectivity index (χ0) is 28.2. The van der Waals surface area contributed by atoms with E-state index in [1.165, 1.54) is 19.3 Å². The summed E-state index contributed by atoms with van der Waals surface area (Å²) in [5.41, 5.74) is 1.65. The minimum Gasteiger partial charge on any atom is -0.427 e. The van der Waals surface area contributed by atoms with Gasteiger partial charge in [0.15, 0.2) is 0 Å². The van der Waals surface area contributed by atoms with E-state index in [9.17, 15) is 9.59 Å². The van der Waals surface area contributed by atoms with Crippen LogP contribution in [0.1, 0.15) is 58.8 Å². The first-order valence-corrected chi connectivity index (χ1v) is 15.0. The van der Waals surface area contributed by atoms with Crippen molar-refractivity contribution < 1.29 is 14.3 Å². The lowest BCUT2D eigenvalue weighted by molar-refractivity contribution is -0.134. The summed E-state index contributed by atoms with van der Waals surface area (Å²) in [6, 6.07) is 29.6. The second-order valence-corrected chi connectivity index (χ2v) is 11.0. The molecular weight excluding hydrogens is 516 g/mol. The number of esters is 1. The third-order valence-electron chi connectivity index (χ3n) is 6.61. The highest BCUT2D eigenvalue weighted by Crippen LogP contribution is 2.32. The Morgan fingerprint density at radius 3 is 2.30 bits per heavy atom. The molecule has 0 spiro atoms. The van der Waals surface area contributed by atoms with E-state index in [4.69, 9.17) is 4.74 Å². The molecular formula is C34H38N2O3S. The van der Waals surface area contributed by atoms with Crippen LogP contribution in [0.4, 0.5) is 16.2 Å². The number of unbranched alkanes of at least 4 members (excludes halogenated alkanes) is 4. The number of hydrogen-bond donors (Lipinski definition) is 1. The molecule has 1 N–H and O–H groups in total. The summed E-state index contributed by atoms with van der Waals surface area (Å²) in [6.45, 7) is 4.81. The number of carbonyl (C=O) groups is 2. The van der Waals surface area contributed by atoms with Crippen molar-refractivity contribution in [3.63, 3.8) is 0 Å². The fraction of sp³-hybridized carbons (Fsp3) is 0.294. The number of hydrogen-bond acceptors (Lipinski definition) is 4. The summed E-state index contributed by atoms with van der Waals surface area (Å²) in [4.78, 5) is 29.3. The molecule has 0 aliphatic rings. The van der Waals surface area contributed by atoms with Crippen molar-refractivity contribution >= 4 is 45.9 Å². The van der Waals surface area contributed by atoms with Crippen LogP contribution in [0, 0.1) is 0 Å². The molecule has 0 aliphatic carbocycles. The highest BCUT2D eigenvalue weighted by atomic mass is 32.2. The van der Waals surface area contributed by atoms with E-state index >= 15 is 0 Å². The van der Waals surface area contributed by atoms with E-state index in [0.717, 1.165) is 51.2 Å². The van der Waals surface area contributed by atoms with Crippen molar-refractivity contribution in [1.29, 1.82) is 0 Å². The summed E-state index contributed by atoms with van der Waals surface area (Å²) in [7, 11) is 0. The minimum absolute atomic E-state index is 0.133. The van der Waals surface area contributed by atoms with Crippen LogP contribution in [0.3, 0.4) is 0 Å². The Balaban J connectivity index is 1.48. The molecule has 208 valence electrons. The van der Waals surface area contributed by atoms with Crippen LogP contribution in [-0.4, -0.2) is 18.5 Å². The second-order valence-electron chi connectivity index (χ2n) is 9.85. The molecule has 0 aliphatic heterocycles. The number of ether oxygens (including phenoxy) is 1. The molecule has 0 bridgehead atoms. The van der Waals surface area contributed by atoms with Crippen molar-refractivity contribution in [2.75, 3.05) is 16.8 Å². The largest absolute Gasteiger partial charge is 0.427 e. The molecule has 4 aromatic carbocycles. The van der Waals surface area contributed by atoms with Gasteiger partial charge < -0.3 is 10.1 Å². The molecule has 0 unspecified atom stereocenters. The smallest absolute Gasteiger partial charge is 0.326 e. The number of benzene rings is 4. The number of nitrogens with zero attached hydrogens (tertiary/aromatic N) is 1. The van der Waals surface area contributed by atoms with Crippen LogP contribution in [0.15, 0.2) is 101 Å². The number of rotatable bonds is 13. The number of carbonyl (C=O) groups excluding carboxylic acids is 2. The van der Waals surface area contributed by atoms with Gasteiger partial charge in [0.2, 0.25) is 0 Å². The third kappa shape index (κ3) is 8.62. The maximum atomic E-state index is 13.6. The van der Waals surface area contributed by atoms with E-state index in [1.54, 1.807) is 11.8 Å². The van der Waals surface area contributed by atoms with Gasteiger partial charge in [-0.05, 0) is 78.2 Å². The van der Waals surface area contributed by atoms with Crippen molar-refractivity contribution in [2.24, 2.45) is 0 Å². The van der Waals surface area contributed by atoms with Crippen molar-refractivity contribution in [1.82, 2.24) is 0 Å². The van der Waals surface area contributed by atoms with Gasteiger partial charge in [0.05, 0.1) is 0 Å². The predicted octanol–water partition coefficient (Wildman–Crippen LogP) is 9.71. The molecule has 6 heteroatoms. The lowest BCUT2D eigenvalue weighted by Crippen LogP contribution is -2.35. The zero-order valence-corrected chi connectivity index (χ0v) is 24.2. The number of anilines is 2. The van der Waals surface area contributed by atoms with E-state index in [1.807, 2.05) is 84.6 Å². The fourth-order valence-electron chi connectivity index (χ4n) is 4.49. The van der Waals surface area contributed by atoms with Gasteiger partial charge in [0, 0.05) is 34.1 Å². The Labute approximate surface area is 241 Å². The van der Waals surface area contributed by atoms with E-state index < -0.39 is 0 Å². The number of nitrogens with one attached hydrogen (secondary N) is 1. The second kappa shape index (κ2) is 15.1. The molecule has 0 saturated heterocycles. The zero-order valence-electron chi connectivity index (χ0n) is 23.4. The van der Waals surface area contributed by atoms with Crippen LogP contribution < -0.4 is 15.0 Å². The molecule has 4 rings (SSSR count). The number of amides is 2. The van der Waals surface area contributed by atoms with Gasteiger partial charge in [0.25, 0.3) is 0 Å². The average Bonchev–Trinajstić information content (AvgIpc) is 2.96. The normalized spacial score (nSPS) is 10.8. The highest BCUT2D eigenvalue weighted by molar-refractivity contribution is 7.99. The van der Waals surface area contributed by atoms with Gasteiger partial charge in [-0.25, -0.2) is 4.79 Å². The fourth-order valence-corrected chi connectivity index (χ4v) is 5.36. The van der Waals surface area contributed by atoms with E-state index in [-0.39, 0.29) is 12.0 Å². The van der Waals surface area contributed by atoms with Crippen LogP contribution in [0.25, 0.3) is 10.8 Å². The quantitative estimate of drug-likeness (QED) is 0.102. The Kier molecular flexibility index (Phi) is 11.1. The molecule has 5 nitrogen and oxygen atoms in total. The van der Waals surface area contributed by atoms with Gasteiger partial charge >= 0.3 is 12.0 Å². The standard InChI is InChI=1S/C34H38N2O3S/c1-3-5-6-7-10-23-36(34(38)35-28-18-17-26-13-8-9-14-27(26)24-28)29-15-11-16-32(25-29)40-31-21-19-30(20-22-31)39-33(37)12-4-2/h8-9,11,13-22,24-25H,3-7,10,12,23H2,1-2H3,(H,35,38). The molecule has 4 aromatic rings. The van der Waals surface area contributed by atoms with Gasteiger partial charge in [0.1, 0.15) is 5.75 Å². The topological polar surface area (TPSA) is 58.6 Å². The molecule has 0 aromatic heterocycles. The molecule has 0 radical (unpaired) electrons. The highest BCUT2D eigenvalue weighted by Gasteiger charge is 2.17. The summed E-state index contributed by atoms with van der Waals surface area (Å²) in [5, 5.41) is 5.36. The first-order valence-electron chi connectivity index (χ1n) is 14.2. The minimum atomic E-state index is -0.215. The van der Waals surface area contributed by atoms with Crippen LogP contribution in [0.2, 0.25) is 0 Å². The van der Waals surface area contributed by atoms with Crippen LogP contribution >= 0.6 is 11.8 Å². The van der Waals surface area contributed by atoms with Gasteiger partial charge in [-0.3, -0.25) is 9.69 Å². The summed E-state index contributed by atoms with van der Waals surface area (Å²) >= 11 is 1.61. The Hall–Kier alpha value is -3.77. The lowest BCUT2D eigenvalue weighted by Gasteiger charge is -2.24. The summed E-state index contributed by atoms with van der Waals surface area (Å²) < 4.78 is 5.37. The molecule has 40 heavy (non-hydrogen) atoms. The van der Waals surface area contributed by atoms with Gasteiger partial charge in [-0.1, -0.05) is 87.7 Å². The lowest BCUT2D eigenvalue weighted by atomic mass is 10.1. The molecule has 0 heterocycles. The first kappa shape index (κ1) is 29.2. The van der Waals surface area contributed by atoms with Crippen molar-refractivity contribution in [2.45, 2.75) is 68.6 Å². The molecule has 2 amide bonds. The molecule has 0 atom stereocenters. The Morgan fingerprint density at radius 1 is 0.750 bits per heavy atom. The van der Waals surface area contributed by atoms with Crippen LogP contribution in [0.5, 0.6) is 5.75 Å². The van der Waals surface area contributed by atoms with Gasteiger partial charge in [-0.2, -0.15) is 0 Å². The van der Waals surface area contributed by atoms with E-state index in [0.29, 0.717) is 18.7 Å². The number of urea groups is 1. The van der Waals surface area contributed by atoms with E-state index in [2.05, 4.69) is 30.4 Å². The first-order chi connectivity index (χ1) is 19.6. The summed E-state index contributed by atoms with van der Waals surface area (Å²) in [6.07, 6.45) is 6.79. The van der Waals surface area contributed by atoms with Crippen LogP contribution in [-0.2, 0) is 4.79 Å². The summed E-state index contributed by atoms with van der Waals surface area (Å²) in [5.74, 6) is 0.337. The molecule has 0 fully saturated rings. The Bertz CT molecular complexity index is 1400. The van der Waals surface area contributed by atoms with Crippen molar-refractivity contribution in [3.8, 4) is 5.75 Å². The average molecular weight is 555 g/mol. The predicted molar refractivity (Wildman–Crippen MR) is 167 cm³/mol. The maximum absolute atomic E-state index is 13.6. The molecule has 0 saturated carbocycles.